The first-order chi connectivity index (χ1) is 6.99. The van der Waals surface area contributed by atoms with Gasteiger partial charge in [0.25, 0.3) is 0 Å². The molecule has 82 valence electrons. The normalized spacial score (nSPS) is 12.3. The van der Waals surface area contributed by atoms with Crippen LogP contribution in [0.5, 0.6) is 0 Å². The molecule has 0 saturated heterocycles. The van der Waals surface area contributed by atoms with Gasteiger partial charge in [0.1, 0.15) is 5.82 Å². The fourth-order valence-electron chi connectivity index (χ4n) is 1.61. The molecule has 1 aromatic rings. The Kier molecular flexibility index (Phi) is 3.45. The van der Waals surface area contributed by atoms with E-state index in [1.54, 1.807) is 26.1 Å². The second kappa shape index (κ2) is 4.43. The van der Waals surface area contributed by atoms with Gasteiger partial charge in [0.2, 0.25) is 0 Å². The van der Waals surface area contributed by atoms with Crippen molar-refractivity contribution in [2.75, 3.05) is 12.8 Å². The standard InChI is InChI=1S/C12H17FN2/c1-7(2)12(15-4)10-9(14)6-5-8(3)11(10)13/h5-7H,14H2,1-4H3. The Balaban J connectivity index is 3.42. The smallest absolute Gasteiger partial charge is 0.137 e. The van der Waals surface area contributed by atoms with Gasteiger partial charge >= 0.3 is 0 Å². The quantitative estimate of drug-likeness (QED) is 0.589. The summed E-state index contributed by atoms with van der Waals surface area (Å²) in [7, 11) is 1.66. The van der Waals surface area contributed by atoms with Gasteiger partial charge in [-0.15, -0.1) is 0 Å². The average Bonchev–Trinajstić information content (AvgIpc) is 2.18. The maximum Gasteiger partial charge on any atom is 0.137 e. The fourth-order valence-corrected chi connectivity index (χ4v) is 1.61. The predicted octanol–water partition coefficient (Wildman–Crippen LogP) is 2.79. The molecule has 2 nitrogen and oxygen atoms in total. The fraction of sp³-hybridized carbons (Fsp3) is 0.417. The summed E-state index contributed by atoms with van der Waals surface area (Å²) in [5.41, 5.74) is 8.00. The van der Waals surface area contributed by atoms with E-state index >= 15 is 0 Å². The summed E-state index contributed by atoms with van der Waals surface area (Å²) in [5.74, 6) is -0.0992. The van der Waals surface area contributed by atoms with Crippen LogP contribution in [-0.2, 0) is 0 Å². The van der Waals surface area contributed by atoms with Crippen LogP contribution in [0.2, 0.25) is 0 Å². The molecule has 1 aromatic carbocycles. The monoisotopic (exact) mass is 208 g/mol. The van der Waals surface area contributed by atoms with Gasteiger partial charge in [-0.1, -0.05) is 19.9 Å². The molecule has 0 atom stereocenters. The molecule has 0 aliphatic heterocycles. The number of nitrogen functional groups attached to an aromatic ring is 1. The van der Waals surface area contributed by atoms with Gasteiger partial charge in [-0.2, -0.15) is 0 Å². The Morgan fingerprint density at radius 3 is 2.47 bits per heavy atom. The Bertz CT molecular complexity index is 395. The summed E-state index contributed by atoms with van der Waals surface area (Å²) < 4.78 is 13.9. The first kappa shape index (κ1) is 11.7. The average molecular weight is 208 g/mol. The van der Waals surface area contributed by atoms with Crippen LogP contribution in [0, 0.1) is 18.7 Å². The summed E-state index contributed by atoms with van der Waals surface area (Å²) in [4.78, 5) is 4.12. The Labute approximate surface area is 90.0 Å². The van der Waals surface area contributed by atoms with Crippen LogP contribution in [0.1, 0.15) is 25.0 Å². The molecular formula is C12H17FN2. The van der Waals surface area contributed by atoms with E-state index in [1.807, 2.05) is 13.8 Å². The summed E-state index contributed by atoms with van der Waals surface area (Å²) in [6.07, 6.45) is 0. The van der Waals surface area contributed by atoms with E-state index in [1.165, 1.54) is 0 Å². The number of hydrogen-bond acceptors (Lipinski definition) is 2. The van der Waals surface area contributed by atoms with Crippen LogP contribution in [0.4, 0.5) is 10.1 Å². The van der Waals surface area contributed by atoms with Crippen LogP contribution in [-0.4, -0.2) is 12.8 Å². The van der Waals surface area contributed by atoms with Gasteiger partial charge in [-0.3, -0.25) is 4.99 Å². The number of nitrogens with zero attached hydrogens (tertiary/aromatic N) is 1. The van der Waals surface area contributed by atoms with E-state index in [-0.39, 0.29) is 11.7 Å². The van der Waals surface area contributed by atoms with Gasteiger partial charge in [-0.05, 0) is 24.5 Å². The van der Waals surface area contributed by atoms with Crippen molar-refractivity contribution in [1.29, 1.82) is 0 Å². The number of rotatable bonds is 2. The molecule has 0 aliphatic carbocycles. The van der Waals surface area contributed by atoms with Crippen molar-refractivity contribution in [3.8, 4) is 0 Å². The van der Waals surface area contributed by atoms with Crippen molar-refractivity contribution < 1.29 is 4.39 Å². The predicted molar refractivity (Wildman–Crippen MR) is 62.8 cm³/mol. The molecule has 0 aliphatic rings. The van der Waals surface area contributed by atoms with Crippen molar-refractivity contribution in [2.24, 2.45) is 10.9 Å². The van der Waals surface area contributed by atoms with E-state index in [0.717, 1.165) is 0 Å². The highest BCUT2D eigenvalue weighted by Crippen LogP contribution is 2.23. The second-order valence-electron chi connectivity index (χ2n) is 3.92. The topological polar surface area (TPSA) is 38.4 Å². The first-order valence-corrected chi connectivity index (χ1v) is 5.00. The van der Waals surface area contributed by atoms with E-state index in [0.29, 0.717) is 22.5 Å². The third-order valence-corrected chi connectivity index (χ3v) is 2.41. The minimum atomic E-state index is -0.260. The second-order valence-corrected chi connectivity index (χ2v) is 3.92. The van der Waals surface area contributed by atoms with E-state index in [4.69, 9.17) is 5.73 Å². The zero-order valence-electron chi connectivity index (χ0n) is 9.63. The molecule has 0 spiro atoms. The minimum Gasteiger partial charge on any atom is -0.398 e. The lowest BCUT2D eigenvalue weighted by Crippen LogP contribution is -2.14. The Hall–Kier alpha value is -1.38. The molecule has 15 heavy (non-hydrogen) atoms. The Morgan fingerprint density at radius 2 is 2.00 bits per heavy atom. The molecule has 1 rings (SSSR count). The third-order valence-electron chi connectivity index (χ3n) is 2.41. The lowest BCUT2D eigenvalue weighted by molar-refractivity contribution is 0.614. The van der Waals surface area contributed by atoms with Crippen LogP contribution >= 0.6 is 0 Å². The van der Waals surface area contributed by atoms with Crippen LogP contribution in [0.25, 0.3) is 0 Å². The summed E-state index contributed by atoms with van der Waals surface area (Å²) in [6.45, 7) is 5.68. The molecule has 0 heterocycles. The lowest BCUT2D eigenvalue weighted by atomic mass is 9.96. The SMILES string of the molecule is CN=C(c1c(N)ccc(C)c1F)C(C)C. The number of aliphatic imine (C=N–C) groups is 1. The van der Waals surface area contributed by atoms with E-state index in [2.05, 4.69) is 4.99 Å². The number of hydrogen-bond donors (Lipinski definition) is 1. The van der Waals surface area contributed by atoms with Crippen molar-refractivity contribution in [1.82, 2.24) is 0 Å². The van der Waals surface area contributed by atoms with Gasteiger partial charge < -0.3 is 5.73 Å². The molecule has 0 bridgehead atoms. The largest absolute Gasteiger partial charge is 0.398 e. The van der Waals surface area contributed by atoms with Crippen LogP contribution in [0.15, 0.2) is 17.1 Å². The molecule has 0 radical (unpaired) electrons. The van der Waals surface area contributed by atoms with Gasteiger partial charge in [-0.25, -0.2) is 4.39 Å². The first-order valence-electron chi connectivity index (χ1n) is 5.00. The number of halogens is 1. The van der Waals surface area contributed by atoms with E-state index < -0.39 is 0 Å². The molecule has 3 heteroatoms. The third kappa shape index (κ3) is 2.17. The molecule has 2 N–H and O–H groups in total. The maximum absolute atomic E-state index is 13.9. The number of anilines is 1. The van der Waals surface area contributed by atoms with Gasteiger partial charge in [0.15, 0.2) is 0 Å². The summed E-state index contributed by atoms with van der Waals surface area (Å²) in [5, 5.41) is 0. The van der Waals surface area contributed by atoms with Crippen molar-refractivity contribution in [2.45, 2.75) is 20.8 Å². The molecule has 0 amide bonds. The van der Waals surface area contributed by atoms with Crippen LogP contribution in [0.3, 0.4) is 0 Å². The molecule has 0 saturated carbocycles. The molecule has 0 fully saturated rings. The summed E-state index contributed by atoms with van der Waals surface area (Å²) >= 11 is 0. The zero-order chi connectivity index (χ0) is 11.6. The Morgan fingerprint density at radius 1 is 1.40 bits per heavy atom. The highest BCUT2D eigenvalue weighted by Gasteiger charge is 2.17. The molecular weight excluding hydrogens is 191 g/mol. The maximum atomic E-state index is 13.9. The van der Waals surface area contributed by atoms with Crippen molar-refractivity contribution in [3.63, 3.8) is 0 Å². The number of benzene rings is 1. The van der Waals surface area contributed by atoms with Crippen molar-refractivity contribution in [3.05, 3.63) is 29.1 Å². The minimum absolute atomic E-state index is 0.161. The summed E-state index contributed by atoms with van der Waals surface area (Å²) in [6, 6.07) is 3.41. The lowest BCUT2D eigenvalue weighted by Gasteiger charge is -2.14. The zero-order valence-corrected chi connectivity index (χ0v) is 9.63. The van der Waals surface area contributed by atoms with E-state index in [9.17, 15) is 4.39 Å². The van der Waals surface area contributed by atoms with Crippen LogP contribution < -0.4 is 5.73 Å². The molecule has 0 aromatic heterocycles. The molecule has 0 unspecified atom stereocenters. The van der Waals surface area contributed by atoms with Gasteiger partial charge in [0, 0.05) is 18.4 Å². The number of nitrogens with two attached hydrogens (primary N) is 1. The van der Waals surface area contributed by atoms with Crippen molar-refractivity contribution >= 4 is 11.4 Å². The number of aryl methyl sites for hydroxylation is 1. The highest BCUT2D eigenvalue weighted by molar-refractivity contribution is 6.06. The highest BCUT2D eigenvalue weighted by atomic mass is 19.1. The van der Waals surface area contributed by atoms with Gasteiger partial charge in [0.05, 0.1) is 5.56 Å².